The molecule has 0 aliphatic carbocycles. The molecule has 0 saturated carbocycles. The van der Waals surface area contributed by atoms with Crippen molar-refractivity contribution >= 4 is 21.7 Å². The van der Waals surface area contributed by atoms with Crippen LogP contribution in [0.2, 0.25) is 0 Å². The summed E-state index contributed by atoms with van der Waals surface area (Å²) in [4.78, 5) is 24.8. The predicted octanol–water partition coefficient (Wildman–Crippen LogP) is 0.587. The van der Waals surface area contributed by atoms with E-state index in [0.29, 0.717) is 26.2 Å². The zero-order valence-corrected chi connectivity index (χ0v) is 16.0. The van der Waals surface area contributed by atoms with Crippen molar-refractivity contribution < 1.29 is 13.2 Å². The van der Waals surface area contributed by atoms with E-state index in [4.69, 9.17) is 0 Å². The van der Waals surface area contributed by atoms with Crippen molar-refractivity contribution in [3.8, 4) is 0 Å². The van der Waals surface area contributed by atoms with Crippen molar-refractivity contribution in [1.29, 1.82) is 0 Å². The van der Waals surface area contributed by atoms with Crippen LogP contribution < -0.4 is 4.90 Å². The van der Waals surface area contributed by atoms with Crippen molar-refractivity contribution in [2.45, 2.75) is 6.54 Å². The van der Waals surface area contributed by atoms with Crippen LogP contribution in [0.5, 0.6) is 0 Å². The van der Waals surface area contributed by atoms with E-state index < -0.39 is 10.0 Å². The number of aromatic nitrogens is 2. The standard InChI is InChI=1S/C18H23N5O3S/c1-27(25,26)23(14-16-5-8-19-9-6-16)15-18(24)22-12-10-21(11-13-22)17-4-2-3-7-20-17/h2-9H,10-15H2,1H3. The molecule has 1 saturated heterocycles. The maximum absolute atomic E-state index is 12.7. The lowest BCUT2D eigenvalue weighted by atomic mass is 10.2. The number of anilines is 1. The quantitative estimate of drug-likeness (QED) is 0.719. The number of pyridine rings is 2. The van der Waals surface area contributed by atoms with Gasteiger partial charge in [-0.2, -0.15) is 4.31 Å². The van der Waals surface area contributed by atoms with Crippen LogP contribution in [0.4, 0.5) is 5.82 Å². The summed E-state index contributed by atoms with van der Waals surface area (Å²) < 4.78 is 25.4. The largest absolute Gasteiger partial charge is 0.353 e. The Bertz CT molecular complexity index is 853. The summed E-state index contributed by atoms with van der Waals surface area (Å²) in [6.07, 6.45) is 6.08. The van der Waals surface area contributed by atoms with Gasteiger partial charge in [0, 0.05) is 51.3 Å². The normalized spacial score (nSPS) is 15.2. The molecule has 3 rings (SSSR count). The lowest BCUT2D eigenvalue weighted by Crippen LogP contribution is -2.51. The Hall–Kier alpha value is -2.52. The molecule has 144 valence electrons. The minimum atomic E-state index is -3.51. The van der Waals surface area contributed by atoms with Crippen molar-refractivity contribution in [1.82, 2.24) is 19.2 Å². The fourth-order valence-corrected chi connectivity index (χ4v) is 3.69. The maximum atomic E-state index is 12.7. The Morgan fingerprint density at radius 2 is 1.78 bits per heavy atom. The first kappa shape index (κ1) is 19.2. The molecule has 0 radical (unpaired) electrons. The average molecular weight is 389 g/mol. The molecule has 0 N–H and O–H groups in total. The second kappa shape index (κ2) is 8.45. The first-order valence-corrected chi connectivity index (χ1v) is 10.6. The minimum absolute atomic E-state index is 0.154. The van der Waals surface area contributed by atoms with E-state index in [1.165, 1.54) is 4.31 Å². The smallest absolute Gasteiger partial charge is 0.238 e. The molecular formula is C18H23N5O3S. The molecule has 1 fully saturated rings. The second-order valence-corrected chi connectivity index (χ2v) is 8.42. The van der Waals surface area contributed by atoms with Crippen LogP contribution >= 0.6 is 0 Å². The second-order valence-electron chi connectivity index (χ2n) is 6.44. The van der Waals surface area contributed by atoms with E-state index in [0.717, 1.165) is 17.6 Å². The van der Waals surface area contributed by atoms with Gasteiger partial charge in [-0.1, -0.05) is 6.07 Å². The molecule has 8 nitrogen and oxygen atoms in total. The molecule has 27 heavy (non-hydrogen) atoms. The number of hydrogen-bond donors (Lipinski definition) is 0. The number of amides is 1. The molecule has 3 heterocycles. The molecule has 1 aliphatic rings. The third kappa shape index (κ3) is 5.24. The molecule has 9 heteroatoms. The van der Waals surface area contributed by atoms with Gasteiger partial charge in [0.05, 0.1) is 12.8 Å². The Balaban J connectivity index is 1.60. The van der Waals surface area contributed by atoms with E-state index in [2.05, 4.69) is 14.9 Å². The van der Waals surface area contributed by atoms with Gasteiger partial charge in [-0.3, -0.25) is 9.78 Å². The van der Waals surface area contributed by atoms with Crippen molar-refractivity contribution in [2.75, 3.05) is 43.9 Å². The lowest BCUT2D eigenvalue weighted by molar-refractivity contribution is -0.131. The van der Waals surface area contributed by atoms with Crippen LogP contribution in [0.15, 0.2) is 48.9 Å². The highest BCUT2D eigenvalue weighted by Crippen LogP contribution is 2.14. The molecular weight excluding hydrogens is 366 g/mol. The van der Waals surface area contributed by atoms with Crippen molar-refractivity contribution in [3.63, 3.8) is 0 Å². The van der Waals surface area contributed by atoms with Crippen LogP contribution in [-0.2, 0) is 21.4 Å². The van der Waals surface area contributed by atoms with E-state index in [9.17, 15) is 13.2 Å². The first-order chi connectivity index (χ1) is 12.9. The van der Waals surface area contributed by atoms with Gasteiger partial charge in [-0.25, -0.2) is 13.4 Å². The third-order valence-corrected chi connectivity index (χ3v) is 5.69. The van der Waals surface area contributed by atoms with E-state index in [1.807, 2.05) is 18.2 Å². The minimum Gasteiger partial charge on any atom is -0.353 e. The van der Waals surface area contributed by atoms with Crippen LogP contribution in [0.1, 0.15) is 5.56 Å². The highest BCUT2D eigenvalue weighted by Gasteiger charge is 2.26. The van der Waals surface area contributed by atoms with Crippen LogP contribution in [-0.4, -0.2) is 72.5 Å². The Labute approximate surface area is 159 Å². The highest BCUT2D eigenvalue weighted by atomic mass is 32.2. The summed E-state index contributed by atoms with van der Waals surface area (Å²) in [5.41, 5.74) is 0.795. The number of hydrogen-bond acceptors (Lipinski definition) is 6. The summed E-state index contributed by atoms with van der Waals surface area (Å²) in [5.74, 6) is 0.704. The zero-order chi connectivity index (χ0) is 19.3. The summed E-state index contributed by atoms with van der Waals surface area (Å²) in [7, 11) is -3.51. The fraction of sp³-hybridized carbons (Fsp3) is 0.389. The van der Waals surface area contributed by atoms with Gasteiger partial charge in [0.25, 0.3) is 0 Å². The Kier molecular flexibility index (Phi) is 6.02. The van der Waals surface area contributed by atoms with Crippen molar-refractivity contribution in [2.24, 2.45) is 0 Å². The van der Waals surface area contributed by atoms with Crippen LogP contribution in [0.25, 0.3) is 0 Å². The van der Waals surface area contributed by atoms with Gasteiger partial charge in [0.1, 0.15) is 5.82 Å². The topological polar surface area (TPSA) is 86.7 Å². The summed E-state index contributed by atoms with van der Waals surface area (Å²) >= 11 is 0. The SMILES string of the molecule is CS(=O)(=O)N(CC(=O)N1CCN(c2ccccn2)CC1)Cc1ccncc1. The zero-order valence-electron chi connectivity index (χ0n) is 15.2. The number of carbonyl (C=O) groups is 1. The number of nitrogens with zero attached hydrogens (tertiary/aromatic N) is 5. The monoisotopic (exact) mass is 389 g/mol. The van der Waals surface area contributed by atoms with Crippen molar-refractivity contribution in [3.05, 3.63) is 54.5 Å². The predicted molar refractivity (Wildman–Crippen MR) is 103 cm³/mol. The third-order valence-electron chi connectivity index (χ3n) is 4.49. The molecule has 0 unspecified atom stereocenters. The molecule has 0 atom stereocenters. The van der Waals surface area contributed by atoms with Gasteiger partial charge >= 0.3 is 0 Å². The van der Waals surface area contributed by atoms with E-state index in [1.54, 1.807) is 35.6 Å². The molecule has 0 spiro atoms. The molecule has 1 amide bonds. The number of rotatable bonds is 6. The average Bonchev–Trinajstić information content (AvgIpc) is 2.68. The maximum Gasteiger partial charge on any atom is 0.238 e. The summed E-state index contributed by atoms with van der Waals surface area (Å²) in [6.45, 7) is 2.42. The van der Waals surface area contributed by atoms with E-state index in [-0.39, 0.29) is 19.0 Å². The molecule has 2 aromatic heterocycles. The Morgan fingerprint density at radius 1 is 1.07 bits per heavy atom. The number of piperazine rings is 1. The van der Waals surface area contributed by atoms with Gasteiger partial charge in [0.15, 0.2) is 0 Å². The van der Waals surface area contributed by atoms with Crippen LogP contribution in [0.3, 0.4) is 0 Å². The number of sulfonamides is 1. The summed E-state index contributed by atoms with van der Waals surface area (Å²) in [5, 5.41) is 0. The van der Waals surface area contributed by atoms with Gasteiger partial charge in [-0.15, -0.1) is 0 Å². The first-order valence-electron chi connectivity index (χ1n) is 8.71. The number of carbonyl (C=O) groups excluding carboxylic acids is 1. The Morgan fingerprint density at radius 3 is 2.37 bits per heavy atom. The fourth-order valence-electron chi connectivity index (χ4n) is 2.96. The highest BCUT2D eigenvalue weighted by molar-refractivity contribution is 7.88. The molecule has 0 bridgehead atoms. The lowest BCUT2D eigenvalue weighted by Gasteiger charge is -2.36. The molecule has 2 aromatic rings. The van der Waals surface area contributed by atoms with Crippen LogP contribution in [0, 0.1) is 0 Å². The van der Waals surface area contributed by atoms with Gasteiger partial charge in [0.2, 0.25) is 15.9 Å². The van der Waals surface area contributed by atoms with Gasteiger partial charge in [-0.05, 0) is 29.8 Å². The molecule has 1 aliphatic heterocycles. The molecule has 0 aromatic carbocycles. The summed E-state index contributed by atoms with van der Waals surface area (Å²) in [6, 6.07) is 9.23. The van der Waals surface area contributed by atoms with Gasteiger partial charge < -0.3 is 9.80 Å². The van der Waals surface area contributed by atoms with E-state index >= 15 is 0 Å².